The highest BCUT2D eigenvalue weighted by molar-refractivity contribution is 5.99. The zero-order valence-electron chi connectivity index (χ0n) is 14.0. The van der Waals surface area contributed by atoms with E-state index < -0.39 is 0 Å². The lowest BCUT2D eigenvalue weighted by Gasteiger charge is -2.32. The molecule has 1 fully saturated rings. The second kappa shape index (κ2) is 9.00. The molecule has 1 aliphatic heterocycles. The number of carbonyl (C=O) groups excluding carboxylic acids is 3. The Kier molecular flexibility index (Phi) is 6.72. The zero-order chi connectivity index (χ0) is 17.4. The first-order chi connectivity index (χ1) is 11.7. The molecule has 7 nitrogen and oxygen atoms in total. The van der Waals surface area contributed by atoms with Crippen molar-refractivity contribution in [3.63, 3.8) is 0 Å². The lowest BCUT2D eigenvalue weighted by Crippen LogP contribution is -2.48. The van der Waals surface area contributed by atoms with Gasteiger partial charge in [0.1, 0.15) is 0 Å². The molecule has 0 radical (unpaired) electrons. The van der Waals surface area contributed by atoms with Gasteiger partial charge in [-0.3, -0.25) is 19.4 Å². The Labute approximate surface area is 142 Å². The maximum Gasteiger partial charge on any atom is 0.255 e. The molecular weight excluding hydrogens is 308 g/mol. The summed E-state index contributed by atoms with van der Waals surface area (Å²) in [4.78, 5) is 42.7. The molecule has 2 heterocycles. The highest BCUT2D eigenvalue weighted by Gasteiger charge is 2.22. The predicted octanol–water partition coefficient (Wildman–Crippen LogP) is 0.916. The molecule has 1 saturated heterocycles. The average Bonchev–Trinajstić information content (AvgIpc) is 2.64. The Morgan fingerprint density at radius 3 is 2.54 bits per heavy atom. The Hall–Kier alpha value is -2.44. The summed E-state index contributed by atoms with van der Waals surface area (Å²) in [5.41, 5.74) is 0.791. The van der Waals surface area contributed by atoms with Crippen LogP contribution in [0.15, 0.2) is 18.5 Å². The molecule has 130 valence electrons. The average molecular weight is 332 g/mol. The lowest BCUT2D eigenvalue weighted by molar-refractivity contribution is -0.119. The maximum absolute atomic E-state index is 12.5. The van der Waals surface area contributed by atoms with E-state index in [9.17, 15) is 14.4 Å². The fourth-order valence-corrected chi connectivity index (χ4v) is 2.57. The molecule has 0 bridgehead atoms. The van der Waals surface area contributed by atoms with Crippen LogP contribution in [0.25, 0.3) is 0 Å². The van der Waals surface area contributed by atoms with Gasteiger partial charge in [-0.05, 0) is 12.5 Å². The van der Waals surface area contributed by atoms with Gasteiger partial charge in [-0.1, -0.05) is 19.8 Å². The number of hydrogen-bond donors (Lipinski definition) is 1. The smallest absolute Gasteiger partial charge is 0.255 e. The number of pyridine rings is 1. The van der Waals surface area contributed by atoms with Crippen molar-refractivity contribution in [3.05, 3.63) is 29.6 Å². The van der Waals surface area contributed by atoms with E-state index in [4.69, 9.17) is 0 Å². The number of nitrogens with zero attached hydrogens (tertiary/aromatic N) is 3. The van der Waals surface area contributed by atoms with Gasteiger partial charge in [-0.25, -0.2) is 0 Å². The first-order valence-electron chi connectivity index (χ1n) is 8.37. The van der Waals surface area contributed by atoms with Crippen LogP contribution in [0.2, 0.25) is 0 Å². The van der Waals surface area contributed by atoms with E-state index in [2.05, 4.69) is 17.2 Å². The topological polar surface area (TPSA) is 82.6 Å². The summed E-state index contributed by atoms with van der Waals surface area (Å²) in [7, 11) is 0. The maximum atomic E-state index is 12.5. The minimum atomic E-state index is -0.209. The molecule has 24 heavy (non-hydrogen) atoms. The number of amides is 3. The highest BCUT2D eigenvalue weighted by Crippen LogP contribution is 2.09. The van der Waals surface area contributed by atoms with E-state index in [0.29, 0.717) is 43.9 Å². The Balaban J connectivity index is 1.95. The van der Waals surface area contributed by atoms with Gasteiger partial charge >= 0.3 is 0 Å². The molecule has 0 aromatic carbocycles. The molecule has 0 spiro atoms. The molecular formula is C17H24N4O3. The van der Waals surface area contributed by atoms with E-state index >= 15 is 0 Å². The monoisotopic (exact) mass is 332 g/mol. The van der Waals surface area contributed by atoms with Crippen LogP contribution < -0.4 is 5.32 Å². The summed E-state index contributed by atoms with van der Waals surface area (Å²) in [5.74, 6) is -0.368. The first kappa shape index (κ1) is 17.9. The fraction of sp³-hybridized carbons (Fsp3) is 0.529. The van der Waals surface area contributed by atoms with Crippen LogP contribution >= 0.6 is 0 Å². The number of piperazine rings is 1. The molecule has 0 aliphatic carbocycles. The number of hydrogen-bond acceptors (Lipinski definition) is 4. The van der Waals surface area contributed by atoms with Crippen LogP contribution in [0.5, 0.6) is 0 Å². The molecule has 3 amide bonds. The van der Waals surface area contributed by atoms with Crippen LogP contribution in [0.1, 0.15) is 46.9 Å². The highest BCUT2D eigenvalue weighted by atomic mass is 16.2. The molecule has 7 heteroatoms. The predicted molar refractivity (Wildman–Crippen MR) is 89.6 cm³/mol. The van der Waals surface area contributed by atoms with Gasteiger partial charge in [-0.2, -0.15) is 0 Å². The summed E-state index contributed by atoms with van der Waals surface area (Å²) in [6.07, 6.45) is 6.85. The van der Waals surface area contributed by atoms with Crippen molar-refractivity contribution < 1.29 is 14.4 Å². The van der Waals surface area contributed by atoms with Crippen molar-refractivity contribution in [2.75, 3.05) is 32.7 Å². The van der Waals surface area contributed by atoms with Crippen LogP contribution in [-0.2, 0) is 4.79 Å². The number of aromatic nitrogens is 1. The first-order valence-corrected chi connectivity index (χ1v) is 8.37. The number of unbranched alkanes of at least 4 members (excludes halogenated alkanes) is 2. The Morgan fingerprint density at radius 2 is 1.88 bits per heavy atom. The Bertz CT molecular complexity index is 583. The molecule has 1 aromatic heterocycles. The van der Waals surface area contributed by atoms with E-state index in [-0.39, 0.29) is 11.8 Å². The SMILES string of the molecule is CCCCCNC(=O)c1cncc(C(=O)N2CCN(C=O)CC2)c1. The quantitative estimate of drug-likeness (QED) is 0.594. The Morgan fingerprint density at radius 1 is 1.17 bits per heavy atom. The van der Waals surface area contributed by atoms with Gasteiger partial charge in [0, 0.05) is 45.1 Å². The number of nitrogens with one attached hydrogen (secondary N) is 1. The molecule has 1 aliphatic rings. The molecule has 1 aromatic rings. The van der Waals surface area contributed by atoms with E-state index in [1.807, 2.05) is 0 Å². The summed E-state index contributed by atoms with van der Waals surface area (Å²) >= 11 is 0. The molecule has 0 saturated carbocycles. The van der Waals surface area contributed by atoms with Crippen molar-refractivity contribution in [3.8, 4) is 0 Å². The third kappa shape index (κ3) is 4.78. The molecule has 0 atom stereocenters. The van der Waals surface area contributed by atoms with Crippen molar-refractivity contribution in [2.45, 2.75) is 26.2 Å². The molecule has 0 unspecified atom stereocenters. The third-order valence-electron chi connectivity index (χ3n) is 4.06. The van der Waals surface area contributed by atoms with Gasteiger partial charge in [-0.15, -0.1) is 0 Å². The van der Waals surface area contributed by atoms with Crippen molar-refractivity contribution >= 4 is 18.2 Å². The van der Waals surface area contributed by atoms with E-state index in [1.54, 1.807) is 15.9 Å². The summed E-state index contributed by atoms with van der Waals surface area (Å²) in [6, 6.07) is 1.58. The van der Waals surface area contributed by atoms with Crippen molar-refractivity contribution in [1.29, 1.82) is 0 Å². The second-order valence-corrected chi connectivity index (χ2v) is 5.86. The van der Waals surface area contributed by atoms with Gasteiger partial charge in [0.2, 0.25) is 6.41 Å². The van der Waals surface area contributed by atoms with Crippen LogP contribution in [0.3, 0.4) is 0 Å². The van der Waals surface area contributed by atoms with E-state index in [0.717, 1.165) is 25.7 Å². The van der Waals surface area contributed by atoms with Gasteiger partial charge in [0.15, 0.2) is 0 Å². The van der Waals surface area contributed by atoms with Gasteiger partial charge in [0.05, 0.1) is 11.1 Å². The van der Waals surface area contributed by atoms with Crippen LogP contribution in [0.4, 0.5) is 0 Å². The summed E-state index contributed by atoms with van der Waals surface area (Å²) in [5, 5.41) is 2.84. The van der Waals surface area contributed by atoms with Gasteiger partial charge in [0.25, 0.3) is 11.8 Å². The molecule has 2 rings (SSSR count). The van der Waals surface area contributed by atoms with Crippen molar-refractivity contribution in [2.24, 2.45) is 0 Å². The van der Waals surface area contributed by atoms with Crippen LogP contribution in [0, 0.1) is 0 Å². The van der Waals surface area contributed by atoms with Gasteiger partial charge < -0.3 is 15.1 Å². The number of rotatable bonds is 7. The van der Waals surface area contributed by atoms with Crippen molar-refractivity contribution in [1.82, 2.24) is 20.1 Å². The minimum Gasteiger partial charge on any atom is -0.352 e. The molecule has 1 N–H and O–H groups in total. The van der Waals surface area contributed by atoms with Crippen LogP contribution in [-0.4, -0.2) is 65.7 Å². The standard InChI is InChI=1S/C17H24N4O3/c1-2-3-4-5-19-16(23)14-10-15(12-18-11-14)17(24)21-8-6-20(13-22)7-9-21/h10-13H,2-9H2,1H3,(H,19,23). The number of carbonyl (C=O) groups is 3. The van der Waals surface area contributed by atoms with E-state index in [1.165, 1.54) is 12.4 Å². The minimum absolute atomic E-state index is 0.159. The lowest BCUT2D eigenvalue weighted by atomic mass is 10.1. The third-order valence-corrected chi connectivity index (χ3v) is 4.06. The summed E-state index contributed by atoms with van der Waals surface area (Å²) < 4.78 is 0. The second-order valence-electron chi connectivity index (χ2n) is 5.86. The fourth-order valence-electron chi connectivity index (χ4n) is 2.57. The zero-order valence-corrected chi connectivity index (χ0v) is 14.0. The largest absolute Gasteiger partial charge is 0.352 e. The summed E-state index contributed by atoms with van der Waals surface area (Å²) in [6.45, 7) is 4.77. The normalized spacial score (nSPS) is 14.4.